The van der Waals surface area contributed by atoms with Gasteiger partial charge in [-0.1, -0.05) is 36.9 Å². The van der Waals surface area contributed by atoms with Gasteiger partial charge in [-0.25, -0.2) is 9.98 Å². The van der Waals surface area contributed by atoms with Gasteiger partial charge in [-0.05, 0) is 37.0 Å². The van der Waals surface area contributed by atoms with E-state index in [1.54, 1.807) is 7.11 Å². The maximum absolute atomic E-state index is 12.7. The third-order valence-electron chi connectivity index (χ3n) is 5.96. The molecular weight excluding hydrogens is 472 g/mol. The molecule has 1 aromatic heterocycles. The number of hydrogen-bond acceptors (Lipinski definition) is 8. The van der Waals surface area contributed by atoms with E-state index in [-0.39, 0.29) is 5.56 Å². The van der Waals surface area contributed by atoms with Crippen molar-refractivity contribution in [2.75, 3.05) is 58.2 Å². The lowest BCUT2D eigenvalue weighted by Gasteiger charge is -2.29. The number of aromatic nitrogens is 2. The highest BCUT2D eigenvalue weighted by molar-refractivity contribution is 5.78. The first kappa shape index (κ1) is 26.5. The van der Waals surface area contributed by atoms with Crippen LogP contribution >= 0.6 is 0 Å². The second kappa shape index (κ2) is 13.1. The SMILES string of the molecule is C=c1nc2c(c(=O)[nH]1)=Nc1cc(C)c(OCCOCCOCCOC)cc1N2CCCc1ccccc1. The molecule has 3 aromatic rings. The molecule has 0 bridgehead atoms. The van der Waals surface area contributed by atoms with Crippen LogP contribution < -0.4 is 26.0 Å². The zero-order valence-corrected chi connectivity index (χ0v) is 21.5. The fraction of sp³-hybridized carbons (Fsp3) is 0.393. The molecule has 2 heterocycles. The molecule has 9 nitrogen and oxygen atoms in total. The van der Waals surface area contributed by atoms with Gasteiger partial charge in [-0.3, -0.25) is 4.79 Å². The van der Waals surface area contributed by atoms with Crippen molar-refractivity contribution in [3.8, 4) is 5.75 Å². The van der Waals surface area contributed by atoms with Crippen LogP contribution in [0.3, 0.4) is 0 Å². The molecule has 4 rings (SSSR count). The second-order valence-corrected chi connectivity index (χ2v) is 8.71. The molecule has 2 aromatic carbocycles. The highest BCUT2D eigenvalue weighted by atomic mass is 16.6. The zero-order chi connectivity index (χ0) is 26.0. The third kappa shape index (κ3) is 7.03. The van der Waals surface area contributed by atoms with Crippen molar-refractivity contribution in [1.29, 1.82) is 0 Å². The summed E-state index contributed by atoms with van der Waals surface area (Å²) in [6, 6.07) is 14.3. The number of aryl methyl sites for hydroxylation is 2. The number of nitrogens with zero attached hydrogens (tertiary/aromatic N) is 3. The van der Waals surface area contributed by atoms with Crippen LogP contribution in [0.4, 0.5) is 17.2 Å². The van der Waals surface area contributed by atoms with Gasteiger partial charge in [0.15, 0.2) is 11.2 Å². The van der Waals surface area contributed by atoms with Crippen molar-refractivity contribution in [2.24, 2.45) is 4.99 Å². The van der Waals surface area contributed by atoms with E-state index in [1.807, 2.05) is 42.2 Å². The minimum Gasteiger partial charge on any atom is -0.491 e. The number of methoxy groups -OCH3 is 1. The summed E-state index contributed by atoms with van der Waals surface area (Å²) in [5.74, 6) is 1.26. The van der Waals surface area contributed by atoms with E-state index in [0.29, 0.717) is 68.5 Å². The number of anilines is 2. The van der Waals surface area contributed by atoms with E-state index in [1.165, 1.54) is 5.56 Å². The summed E-state index contributed by atoms with van der Waals surface area (Å²) in [5, 5.41) is 0.300. The van der Waals surface area contributed by atoms with E-state index in [2.05, 4.69) is 33.7 Å². The molecule has 9 heteroatoms. The Kier molecular flexibility index (Phi) is 9.42. The predicted octanol–water partition coefficient (Wildman–Crippen LogP) is 2.58. The van der Waals surface area contributed by atoms with Gasteiger partial charge in [0.2, 0.25) is 0 Å². The molecule has 0 aliphatic carbocycles. The topological polar surface area (TPSA) is 98.3 Å². The van der Waals surface area contributed by atoms with Gasteiger partial charge in [-0.2, -0.15) is 0 Å². The summed E-state index contributed by atoms with van der Waals surface area (Å²) in [5.41, 5.74) is 3.77. The summed E-state index contributed by atoms with van der Waals surface area (Å²) in [6.45, 7) is 9.44. The van der Waals surface area contributed by atoms with E-state index >= 15 is 0 Å². The lowest BCUT2D eigenvalue weighted by atomic mass is 10.1. The Morgan fingerprint density at radius 1 is 1.00 bits per heavy atom. The average Bonchev–Trinajstić information content (AvgIpc) is 2.89. The van der Waals surface area contributed by atoms with Crippen molar-refractivity contribution in [1.82, 2.24) is 9.97 Å². The number of H-pyrrole nitrogens is 1. The summed E-state index contributed by atoms with van der Waals surface area (Å²) in [7, 11) is 1.64. The molecule has 0 radical (unpaired) electrons. The molecule has 0 fully saturated rings. The summed E-state index contributed by atoms with van der Waals surface area (Å²) < 4.78 is 22.0. The number of benzene rings is 2. The highest BCUT2D eigenvalue weighted by Gasteiger charge is 2.24. The van der Waals surface area contributed by atoms with Crippen molar-refractivity contribution < 1.29 is 18.9 Å². The Hall–Kier alpha value is -3.53. The van der Waals surface area contributed by atoms with Crippen LogP contribution in [0.25, 0.3) is 6.58 Å². The van der Waals surface area contributed by atoms with E-state index in [9.17, 15) is 4.79 Å². The van der Waals surface area contributed by atoms with Crippen LogP contribution in [-0.2, 0) is 20.6 Å². The maximum Gasteiger partial charge on any atom is 0.279 e. The molecule has 0 saturated heterocycles. The van der Waals surface area contributed by atoms with Crippen molar-refractivity contribution >= 4 is 23.8 Å². The molecule has 1 N–H and O–H groups in total. The number of fused-ring (bicyclic) bond motifs is 2. The summed E-state index contributed by atoms with van der Waals surface area (Å²) >= 11 is 0. The van der Waals surface area contributed by atoms with Gasteiger partial charge in [0.25, 0.3) is 5.56 Å². The minimum atomic E-state index is -0.296. The first-order chi connectivity index (χ1) is 18.1. The van der Waals surface area contributed by atoms with Crippen LogP contribution in [0.5, 0.6) is 5.75 Å². The molecule has 196 valence electrons. The first-order valence-electron chi connectivity index (χ1n) is 12.5. The quantitative estimate of drug-likeness (QED) is 0.336. The van der Waals surface area contributed by atoms with Gasteiger partial charge in [0.1, 0.15) is 17.8 Å². The zero-order valence-electron chi connectivity index (χ0n) is 21.5. The lowest BCUT2D eigenvalue weighted by Crippen LogP contribution is -2.42. The fourth-order valence-electron chi connectivity index (χ4n) is 4.13. The molecular formula is C28H34N4O5. The Bertz CT molecular complexity index is 1340. The number of hydrogen-bond donors (Lipinski definition) is 1. The van der Waals surface area contributed by atoms with Gasteiger partial charge < -0.3 is 28.8 Å². The Morgan fingerprint density at radius 2 is 1.73 bits per heavy atom. The summed E-state index contributed by atoms with van der Waals surface area (Å²) in [6.07, 6.45) is 1.77. The molecule has 0 saturated carbocycles. The first-order valence-corrected chi connectivity index (χ1v) is 12.5. The van der Waals surface area contributed by atoms with Crippen molar-refractivity contribution in [2.45, 2.75) is 19.8 Å². The van der Waals surface area contributed by atoms with E-state index in [0.717, 1.165) is 29.8 Å². The van der Waals surface area contributed by atoms with Gasteiger partial charge in [0, 0.05) is 19.7 Å². The summed E-state index contributed by atoms with van der Waals surface area (Å²) in [4.78, 5) is 26.6. The van der Waals surface area contributed by atoms with Crippen molar-refractivity contribution in [3.05, 3.63) is 74.8 Å². The van der Waals surface area contributed by atoms with Gasteiger partial charge in [-0.15, -0.1) is 0 Å². The second-order valence-electron chi connectivity index (χ2n) is 8.71. The largest absolute Gasteiger partial charge is 0.491 e. The number of aromatic amines is 1. The normalized spacial score (nSPS) is 12.1. The molecule has 1 aliphatic rings. The Morgan fingerprint density at radius 3 is 2.49 bits per heavy atom. The molecule has 0 spiro atoms. The van der Waals surface area contributed by atoms with Crippen LogP contribution in [0.1, 0.15) is 17.5 Å². The number of rotatable bonds is 14. The Labute approximate surface area is 216 Å². The molecule has 0 unspecified atom stereocenters. The average molecular weight is 507 g/mol. The molecule has 0 amide bonds. The maximum atomic E-state index is 12.7. The smallest absolute Gasteiger partial charge is 0.279 e. The van der Waals surface area contributed by atoms with E-state index < -0.39 is 0 Å². The third-order valence-corrected chi connectivity index (χ3v) is 5.96. The lowest BCUT2D eigenvalue weighted by molar-refractivity contribution is 0.0179. The minimum absolute atomic E-state index is 0.296. The monoisotopic (exact) mass is 506 g/mol. The van der Waals surface area contributed by atoms with Crippen LogP contribution in [-0.4, -0.2) is 63.3 Å². The molecule has 37 heavy (non-hydrogen) atoms. The number of nitrogens with one attached hydrogen (secondary N) is 1. The van der Waals surface area contributed by atoms with E-state index in [4.69, 9.17) is 18.9 Å². The van der Waals surface area contributed by atoms with Gasteiger partial charge >= 0.3 is 0 Å². The van der Waals surface area contributed by atoms with Crippen LogP contribution in [0, 0.1) is 6.92 Å². The molecule has 0 atom stereocenters. The predicted molar refractivity (Wildman–Crippen MR) is 143 cm³/mol. The fourth-order valence-corrected chi connectivity index (χ4v) is 4.13. The van der Waals surface area contributed by atoms with Crippen molar-refractivity contribution in [3.63, 3.8) is 0 Å². The van der Waals surface area contributed by atoms with Crippen LogP contribution in [0.15, 0.2) is 52.3 Å². The van der Waals surface area contributed by atoms with Gasteiger partial charge in [0.05, 0.1) is 44.4 Å². The Balaban J connectivity index is 1.48. The molecule has 1 aliphatic heterocycles. The number of ether oxygens (including phenoxy) is 4. The van der Waals surface area contributed by atoms with Crippen LogP contribution in [0.2, 0.25) is 0 Å². The standard InChI is InChI=1S/C28H34N4O5/c1-20-18-23-24(19-25(20)37-17-16-36-15-14-35-13-12-34-3)32(11-7-10-22-8-5-4-6-9-22)27-26(31-23)28(33)30-21(2)29-27/h4-6,8-9,18-19H,2,7,10-17H2,1,3H3,(H,30,33). The highest BCUT2D eigenvalue weighted by Crippen LogP contribution is 2.39.